The number of carboxylic acids is 1. The molecular weight excluding hydrogens is 284 g/mol. The molecule has 0 radical (unpaired) electrons. The second-order valence-electron chi connectivity index (χ2n) is 6.41. The third-order valence-electron chi connectivity index (χ3n) is 4.81. The third kappa shape index (κ3) is 4.30. The first-order chi connectivity index (χ1) is 10.5. The predicted octanol–water partition coefficient (Wildman–Crippen LogP) is 1.06. The van der Waals surface area contributed by atoms with Gasteiger partial charge in [0.05, 0.1) is 11.5 Å². The molecule has 0 bridgehead atoms. The first-order valence-electron chi connectivity index (χ1n) is 8.03. The molecule has 6 heteroatoms. The number of rotatable bonds is 6. The van der Waals surface area contributed by atoms with Gasteiger partial charge in [0.2, 0.25) is 5.91 Å². The number of nitrogens with two attached hydrogens (primary N) is 1. The van der Waals surface area contributed by atoms with Crippen LogP contribution in [0.1, 0.15) is 38.5 Å². The van der Waals surface area contributed by atoms with E-state index in [1.807, 2.05) is 0 Å². The van der Waals surface area contributed by atoms with Crippen molar-refractivity contribution in [2.24, 2.45) is 17.1 Å². The zero-order chi connectivity index (χ0) is 16.0. The molecule has 2 atom stereocenters. The summed E-state index contributed by atoms with van der Waals surface area (Å²) in [6.45, 7) is 0.966. The molecule has 0 aromatic carbocycles. The van der Waals surface area contributed by atoms with Crippen LogP contribution in [-0.2, 0) is 14.3 Å². The van der Waals surface area contributed by atoms with Crippen LogP contribution in [0.3, 0.4) is 0 Å². The molecule has 6 nitrogen and oxygen atoms in total. The number of ether oxygens (including phenoxy) is 1. The van der Waals surface area contributed by atoms with Crippen molar-refractivity contribution in [2.75, 3.05) is 19.8 Å². The number of amides is 1. The highest BCUT2D eigenvalue weighted by atomic mass is 16.5. The minimum Gasteiger partial charge on any atom is -0.481 e. The minimum absolute atomic E-state index is 0.128. The van der Waals surface area contributed by atoms with Crippen molar-refractivity contribution >= 4 is 11.9 Å². The first-order valence-corrected chi connectivity index (χ1v) is 8.03. The molecule has 2 unspecified atom stereocenters. The molecule has 1 fully saturated rings. The summed E-state index contributed by atoms with van der Waals surface area (Å²) >= 11 is 0. The molecule has 1 aliphatic heterocycles. The van der Waals surface area contributed by atoms with Gasteiger partial charge in [0, 0.05) is 19.8 Å². The molecule has 1 heterocycles. The van der Waals surface area contributed by atoms with Crippen LogP contribution in [0.4, 0.5) is 0 Å². The van der Waals surface area contributed by atoms with Gasteiger partial charge in [0.15, 0.2) is 0 Å². The molecule has 0 saturated carbocycles. The SMILES string of the molecule is NC(CC1CC=CCC1)C(=O)NCC1(C(=O)O)CCOCC1. The van der Waals surface area contributed by atoms with Gasteiger partial charge in [-0.05, 0) is 44.4 Å². The number of aliphatic carboxylic acids is 1. The van der Waals surface area contributed by atoms with Crippen LogP contribution >= 0.6 is 0 Å². The molecule has 2 aliphatic rings. The van der Waals surface area contributed by atoms with Crippen LogP contribution in [0.15, 0.2) is 12.2 Å². The molecule has 0 aromatic heterocycles. The van der Waals surface area contributed by atoms with Crippen molar-refractivity contribution in [2.45, 2.75) is 44.6 Å². The Hall–Kier alpha value is -1.40. The van der Waals surface area contributed by atoms with Crippen molar-refractivity contribution in [1.29, 1.82) is 0 Å². The fourth-order valence-electron chi connectivity index (χ4n) is 3.15. The highest BCUT2D eigenvalue weighted by molar-refractivity contribution is 5.83. The first kappa shape index (κ1) is 17.0. The Balaban J connectivity index is 1.82. The van der Waals surface area contributed by atoms with E-state index in [1.54, 1.807) is 0 Å². The Kier molecular flexibility index (Phi) is 5.97. The quantitative estimate of drug-likeness (QED) is 0.637. The fourth-order valence-corrected chi connectivity index (χ4v) is 3.15. The lowest BCUT2D eigenvalue weighted by molar-refractivity contribution is -0.154. The van der Waals surface area contributed by atoms with Gasteiger partial charge in [0.1, 0.15) is 0 Å². The summed E-state index contributed by atoms with van der Waals surface area (Å²) in [6.07, 6.45) is 8.87. The number of allylic oxidation sites excluding steroid dienone is 2. The molecule has 1 amide bonds. The van der Waals surface area contributed by atoms with Gasteiger partial charge in [-0.1, -0.05) is 12.2 Å². The van der Waals surface area contributed by atoms with Crippen molar-refractivity contribution < 1.29 is 19.4 Å². The summed E-state index contributed by atoms with van der Waals surface area (Å²) in [5.41, 5.74) is 5.06. The van der Waals surface area contributed by atoms with E-state index in [0.29, 0.717) is 38.4 Å². The fraction of sp³-hybridized carbons (Fsp3) is 0.750. The molecule has 124 valence electrons. The smallest absolute Gasteiger partial charge is 0.311 e. The standard InChI is InChI=1S/C16H26N2O4/c17-13(10-12-4-2-1-3-5-12)14(19)18-11-16(15(20)21)6-8-22-9-7-16/h1-2,12-13H,3-11,17H2,(H,18,19)(H,20,21). The Morgan fingerprint density at radius 2 is 2.09 bits per heavy atom. The number of hydrogen-bond acceptors (Lipinski definition) is 4. The average molecular weight is 310 g/mol. The second kappa shape index (κ2) is 7.74. The van der Waals surface area contributed by atoms with Gasteiger partial charge in [-0.15, -0.1) is 0 Å². The van der Waals surface area contributed by atoms with Gasteiger partial charge in [-0.2, -0.15) is 0 Å². The van der Waals surface area contributed by atoms with Crippen molar-refractivity contribution in [3.05, 3.63) is 12.2 Å². The zero-order valence-electron chi connectivity index (χ0n) is 12.9. The summed E-state index contributed by atoms with van der Waals surface area (Å²) in [5.74, 6) is -0.675. The Morgan fingerprint density at radius 1 is 1.36 bits per heavy atom. The van der Waals surface area contributed by atoms with Crippen LogP contribution in [0.5, 0.6) is 0 Å². The number of nitrogens with one attached hydrogen (secondary N) is 1. The number of hydrogen-bond donors (Lipinski definition) is 3. The number of carbonyl (C=O) groups excluding carboxylic acids is 1. The van der Waals surface area contributed by atoms with Gasteiger partial charge < -0.3 is 20.9 Å². The highest BCUT2D eigenvalue weighted by Crippen LogP contribution is 2.30. The van der Waals surface area contributed by atoms with Crippen LogP contribution in [-0.4, -0.2) is 42.8 Å². The van der Waals surface area contributed by atoms with E-state index >= 15 is 0 Å². The lowest BCUT2D eigenvalue weighted by atomic mass is 9.80. The Labute approximate surface area is 131 Å². The lowest BCUT2D eigenvalue weighted by Crippen LogP contribution is -2.50. The van der Waals surface area contributed by atoms with Crippen molar-refractivity contribution in [3.63, 3.8) is 0 Å². The van der Waals surface area contributed by atoms with E-state index < -0.39 is 17.4 Å². The number of carboxylic acid groups (broad SMARTS) is 1. The van der Waals surface area contributed by atoms with E-state index in [9.17, 15) is 14.7 Å². The van der Waals surface area contributed by atoms with Crippen LogP contribution < -0.4 is 11.1 Å². The summed E-state index contributed by atoms with van der Waals surface area (Å²) in [4.78, 5) is 23.7. The van der Waals surface area contributed by atoms with E-state index in [1.165, 1.54) is 0 Å². The van der Waals surface area contributed by atoms with Crippen molar-refractivity contribution in [1.82, 2.24) is 5.32 Å². The lowest BCUT2D eigenvalue weighted by Gasteiger charge is -2.33. The van der Waals surface area contributed by atoms with Gasteiger partial charge in [0.25, 0.3) is 0 Å². The molecule has 0 spiro atoms. The molecule has 2 rings (SSSR count). The van der Waals surface area contributed by atoms with Crippen molar-refractivity contribution in [3.8, 4) is 0 Å². The van der Waals surface area contributed by atoms with E-state index in [2.05, 4.69) is 17.5 Å². The predicted molar refractivity (Wildman–Crippen MR) is 82.2 cm³/mol. The average Bonchev–Trinajstić information content (AvgIpc) is 2.54. The van der Waals surface area contributed by atoms with Gasteiger partial charge in [-0.25, -0.2) is 0 Å². The molecule has 4 N–H and O–H groups in total. The topological polar surface area (TPSA) is 102 Å². The molecule has 1 aliphatic carbocycles. The minimum atomic E-state index is -0.915. The van der Waals surface area contributed by atoms with Crippen LogP contribution in [0, 0.1) is 11.3 Å². The summed E-state index contributed by atoms with van der Waals surface area (Å²) in [6, 6.07) is -0.567. The molecule has 22 heavy (non-hydrogen) atoms. The molecule has 1 saturated heterocycles. The van der Waals surface area contributed by atoms with E-state index in [0.717, 1.165) is 19.3 Å². The highest BCUT2D eigenvalue weighted by Gasteiger charge is 2.40. The maximum absolute atomic E-state index is 12.1. The Morgan fingerprint density at radius 3 is 2.68 bits per heavy atom. The normalized spacial score (nSPS) is 25.4. The summed E-state index contributed by atoms with van der Waals surface area (Å²) < 4.78 is 5.22. The molecular formula is C16H26N2O4. The maximum atomic E-state index is 12.1. The van der Waals surface area contributed by atoms with Crippen LogP contribution in [0.25, 0.3) is 0 Å². The second-order valence-corrected chi connectivity index (χ2v) is 6.41. The summed E-state index contributed by atoms with van der Waals surface area (Å²) in [5, 5.41) is 12.2. The summed E-state index contributed by atoms with van der Waals surface area (Å²) in [7, 11) is 0. The monoisotopic (exact) mass is 310 g/mol. The van der Waals surface area contributed by atoms with E-state index in [-0.39, 0.29) is 12.5 Å². The molecule has 0 aromatic rings. The van der Waals surface area contributed by atoms with E-state index in [4.69, 9.17) is 10.5 Å². The maximum Gasteiger partial charge on any atom is 0.311 e. The number of carbonyl (C=O) groups is 2. The van der Waals surface area contributed by atoms with Gasteiger partial charge in [-0.3, -0.25) is 9.59 Å². The van der Waals surface area contributed by atoms with Crippen LogP contribution in [0.2, 0.25) is 0 Å². The zero-order valence-corrected chi connectivity index (χ0v) is 12.9. The largest absolute Gasteiger partial charge is 0.481 e. The third-order valence-corrected chi connectivity index (χ3v) is 4.81. The Bertz CT molecular complexity index is 430. The van der Waals surface area contributed by atoms with Gasteiger partial charge >= 0.3 is 5.97 Å².